The number of pyridine rings is 1. The highest BCUT2D eigenvalue weighted by Gasteiger charge is 2.14. The lowest BCUT2D eigenvalue weighted by Crippen LogP contribution is -2.35. The molecule has 1 heterocycles. The lowest BCUT2D eigenvalue weighted by molar-refractivity contribution is 0.0924. The van der Waals surface area contributed by atoms with E-state index in [1.54, 1.807) is 25.1 Å². The molecule has 1 atom stereocenters. The summed E-state index contributed by atoms with van der Waals surface area (Å²) in [6, 6.07) is 6.23. The molecular formula is C13H13BrN2O3. The number of hydrogen-bond acceptors (Lipinski definition) is 3. The Morgan fingerprint density at radius 2 is 2.26 bits per heavy atom. The minimum Gasteiger partial charge on any atom is -0.394 e. The number of amides is 1. The van der Waals surface area contributed by atoms with Gasteiger partial charge in [0.25, 0.3) is 5.91 Å². The molecule has 0 fully saturated rings. The smallest absolute Gasteiger partial charge is 0.252 e. The van der Waals surface area contributed by atoms with E-state index in [4.69, 9.17) is 5.11 Å². The number of hydrogen-bond donors (Lipinski definition) is 3. The Morgan fingerprint density at radius 1 is 1.53 bits per heavy atom. The predicted molar refractivity (Wildman–Crippen MR) is 76.3 cm³/mol. The molecule has 1 amide bonds. The van der Waals surface area contributed by atoms with E-state index in [-0.39, 0.29) is 24.1 Å². The van der Waals surface area contributed by atoms with Crippen LogP contribution < -0.4 is 10.9 Å². The summed E-state index contributed by atoms with van der Waals surface area (Å²) in [5.74, 6) is -0.379. The van der Waals surface area contributed by atoms with Gasteiger partial charge in [0.15, 0.2) is 0 Å². The van der Waals surface area contributed by atoms with Crippen LogP contribution in [0.4, 0.5) is 0 Å². The molecule has 100 valence electrons. The highest BCUT2D eigenvalue weighted by atomic mass is 79.9. The van der Waals surface area contributed by atoms with Crippen LogP contribution in [0.25, 0.3) is 10.9 Å². The third-order valence-corrected chi connectivity index (χ3v) is 3.38. The summed E-state index contributed by atoms with van der Waals surface area (Å²) < 4.78 is 0.715. The first kappa shape index (κ1) is 13.8. The number of aliphatic hydroxyl groups excluding tert-OH is 1. The zero-order valence-corrected chi connectivity index (χ0v) is 11.8. The van der Waals surface area contributed by atoms with Crippen LogP contribution in [0.5, 0.6) is 0 Å². The van der Waals surface area contributed by atoms with Crippen LogP contribution in [0.1, 0.15) is 17.3 Å². The second-order valence-electron chi connectivity index (χ2n) is 4.27. The molecule has 0 aliphatic carbocycles. The molecule has 1 aromatic heterocycles. The number of nitrogens with one attached hydrogen (secondary N) is 2. The van der Waals surface area contributed by atoms with Crippen LogP contribution in [0.2, 0.25) is 0 Å². The lowest BCUT2D eigenvalue weighted by Gasteiger charge is -2.12. The summed E-state index contributed by atoms with van der Waals surface area (Å²) in [7, 11) is 0. The third-order valence-electron chi connectivity index (χ3n) is 2.72. The summed E-state index contributed by atoms with van der Waals surface area (Å²) in [6.07, 6.45) is 0. The van der Waals surface area contributed by atoms with Gasteiger partial charge in [-0.1, -0.05) is 12.1 Å². The standard InChI is InChI=1S/C13H13BrN2O3/c1-7(6-17)15-13(19)9-5-11(18)16-12-8(9)3-2-4-10(12)14/h2-5,7,17H,6H2,1H3,(H,15,19)(H,16,18). The zero-order valence-electron chi connectivity index (χ0n) is 10.2. The van der Waals surface area contributed by atoms with Gasteiger partial charge in [0.1, 0.15) is 0 Å². The van der Waals surface area contributed by atoms with Gasteiger partial charge in [-0.15, -0.1) is 0 Å². The van der Waals surface area contributed by atoms with E-state index in [0.717, 1.165) is 0 Å². The molecular weight excluding hydrogens is 312 g/mol. The van der Waals surface area contributed by atoms with Gasteiger partial charge in [-0.3, -0.25) is 9.59 Å². The van der Waals surface area contributed by atoms with E-state index in [0.29, 0.717) is 20.9 Å². The van der Waals surface area contributed by atoms with Gasteiger partial charge in [-0.05, 0) is 28.9 Å². The van der Waals surface area contributed by atoms with Crippen LogP contribution in [0, 0.1) is 0 Å². The topological polar surface area (TPSA) is 82.2 Å². The Hall–Kier alpha value is -1.66. The number of aliphatic hydroxyl groups is 1. The lowest BCUT2D eigenvalue weighted by atomic mass is 10.1. The maximum atomic E-state index is 12.1. The van der Waals surface area contributed by atoms with Crippen molar-refractivity contribution in [1.29, 1.82) is 0 Å². The van der Waals surface area contributed by atoms with Crippen LogP contribution in [-0.2, 0) is 0 Å². The molecule has 0 aliphatic heterocycles. The van der Waals surface area contributed by atoms with Crippen molar-refractivity contribution >= 4 is 32.7 Å². The molecule has 0 bridgehead atoms. The maximum absolute atomic E-state index is 12.1. The molecule has 0 saturated carbocycles. The summed E-state index contributed by atoms with van der Waals surface area (Å²) in [6.45, 7) is 1.53. The first-order valence-electron chi connectivity index (χ1n) is 5.76. The highest BCUT2D eigenvalue weighted by Crippen LogP contribution is 2.23. The highest BCUT2D eigenvalue weighted by molar-refractivity contribution is 9.10. The van der Waals surface area contributed by atoms with Crippen molar-refractivity contribution in [2.45, 2.75) is 13.0 Å². The molecule has 3 N–H and O–H groups in total. The van der Waals surface area contributed by atoms with Crippen molar-refractivity contribution < 1.29 is 9.90 Å². The minimum absolute atomic E-state index is 0.156. The summed E-state index contributed by atoms with van der Waals surface area (Å²) in [5, 5.41) is 12.2. The normalized spacial score (nSPS) is 12.4. The summed E-state index contributed by atoms with van der Waals surface area (Å²) in [5.41, 5.74) is 0.526. The number of rotatable bonds is 3. The molecule has 0 aliphatic rings. The monoisotopic (exact) mass is 324 g/mol. The number of aromatic amines is 1. The van der Waals surface area contributed by atoms with Gasteiger partial charge in [-0.25, -0.2) is 0 Å². The summed E-state index contributed by atoms with van der Waals surface area (Å²) in [4.78, 5) is 26.4. The largest absolute Gasteiger partial charge is 0.394 e. The van der Waals surface area contributed by atoms with Crippen molar-refractivity contribution in [2.75, 3.05) is 6.61 Å². The molecule has 1 aromatic carbocycles. The van der Waals surface area contributed by atoms with Crippen molar-refractivity contribution in [3.8, 4) is 0 Å². The second kappa shape index (κ2) is 5.54. The number of aromatic nitrogens is 1. The fourth-order valence-corrected chi connectivity index (χ4v) is 2.24. The van der Waals surface area contributed by atoms with E-state index in [9.17, 15) is 9.59 Å². The summed E-state index contributed by atoms with van der Waals surface area (Å²) >= 11 is 3.34. The van der Waals surface area contributed by atoms with Gasteiger partial charge in [0.05, 0.1) is 17.7 Å². The van der Waals surface area contributed by atoms with Gasteiger partial charge >= 0.3 is 0 Å². The first-order chi connectivity index (χ1) is 9.02. The number of benzene rings is 1. The quantitative estimate of drug-likeness (QED) is 0.798. The molecule has 19 heavy (non-hydrogen) atoms. The van der Waals surface area contributed by atoms with E-state index in [1.807, 2.05) is 0 Å². The molecule has 5 nitrogen and oxygen atoms in total. The Bertz CT molecular complexity index is 681. The molecule has 2 rings (SSSR count). The van der Waals surface area contributed by atoms with E-state index in [2.05, 4.69) is 26.2 Å². The Balaban J connectivity index is 2.57. The van der Waals surface area contributed by atoms with Crippen molar-refractivity contribution in [2.24, 2.45) is 0 Å². The van der Waals surface area contributed by atoms with Crippen LogP contribution in [-0.4, -0.2) is 28.6 Å². The maximum Gasteiger partial charge on any atom is 0.252 e. The molecule has 6 heteroatoms. The van der Waals surface area contributed by atoms with Crippen LogP contribution in [0.3, 0.4) is 0 Å². The van der Waals surface area contributed by atoms with E-state index >= 15 is 0 Å². The molecule has 1 unspecified atom stereocenters. The predicted octanol–water partition coefficient (Wildman–Crippen LogP) is 1.40. The Labute approximate surface area is 117 Å². The van der Waals surface area contributed by atoms with Crippen molar-refractivity contribution in [1.82, 2.24) is 10.3 Å². The van der Waals surface area contributed by atoms with Gasteiger partial charge < -0.3 is 15.4 Å². The molecule has 0 radical (unpaired) electrons. The zero-order chi connectivity index (χ0) is 14.0. The molecule has 2 aromatic rings. The fourth-order valence-electron chi connectivity index (χ4n) is 1.78. The number of halogens is 1. The number of carbonyl (C=O) groups is 1. The van der Waals surface area contributed by atoms with Crippen molar-refractivity contribution in [3.05, 3.63) is 44.7 Å². The Kier molecular flexibility index (Phi) is 4.01. The van der Waals surface area contributed by atoms with Crippen LogP contribution in [0.15, 0.2) is 33.5 Å². The average Bonchev–Trinajstić information content (AvgIpc) is 2.38. The number of fused-ring (bicyclic) bond motifs is 1. The van der Waals surface area contributed by atoms with Gasteiger partial charge in [-0.2, -0.15) is 0 Å². The van der Waals surface area contributed by atoms with E-state index in [1.165, 1.54) is 6.07 Å². The van der Waals surface area contributed by atoms with E-state index < -0.39 is 0 Å². The number of carbonyl (C=O) groups excluding carboxylic acids is 1. The average molecular weight is 325 g/mol. The first-order valence-corrected chi connectivity index (χ1v) is 6.55. The Morgan fingerprint density at radius 3 is 2.95 bits per heavy atom. The second-order valence-corrected chi connectivity index (χ2v) is 5.12. The van der Waals surface area contributed by atoms with Crippen LogP contribution >= 0.6 is 15.9 Å². The van der Waals surface area contributed by atoms with Gasteiger partial charge in [0, 0.05) is 22.0 Å². The molecule has 0 saturated heterocycles. The SMILES string of the molecule is CC(CO)NC(=O)c1cc(=O)[nH]c2c(Br)cccc12. The van der Waals surface area contributed by atoms with Gasteiger partial charge in [0.2, 0.25) is 5.56 Å². The minimum atomic E-state index is -0.379. The fraction of sp³-hybridized carbons (Fsp3) is 0.231. The third kappa shape index (κ3) is 2.85. The number of H-pyrrole nitrogens is 1. The van der Waals surface area contributed by atoms with Crippen molar-refractivity contribution in [3.63, 3.8) is 0 Å². The number of para-hydroxylation sites is 1. The molecule has 0 spiro atoms.